The molecule has 0 spiro atoms. The van der Waals surface area contributed by atoms with Crippen molar-refractivity contribution in [3.63, 3.8) is 0 Å². The normalized spacial score (nSPS) is 18.9. The van der Waals surface area contributed by atoms with Crippen molar-refractivity contribution in [2.45, 2.75) is 64.0 Å². The molecule has 9 nitrogen and oxygen atoms in total. The Kier molecular flexibility index (Phi) is 6.46. The van der Waals surface area contributed by atoms with Gasteiger partial charge in [0.1, 0.15) is 17.1 Å². The van der Waals surface area contributed by atoms with E-state index >= 15 is 0 Å². The summed E-state index contributed by atoms with van der Waals surface area (Å²) in [5.41, 5.74) is 4.64. The van der Waals surface area contributed by atoms with E-state index in [2.05, 4.69) is 59.0 Å². The van der Waals surface area contributed by atoms with E-state index < -0.39 is 0 Å². The lowest BCUT2D eigenvalue weighted by Gasteiger charge is -2.28. The van der Waals surface area contributed by atoms with Crippen LogP contribution in [0.15, 0.2) is 48.8 Å². The first-order valence-corrected chi connectivity index (χ1v) is 14.4. The number of morpholine rings is 1. The van der Waals surface area contributed by atoms with Crippen molar-refractivity contribution in [1.29, 1.82) is 0 Å². The molecular weight excluding hydrogens is 504 g/mol. The molecule has 2 aliphatic heterocycles. The molecule has 4 aromatic rings. The molecule has 9 heteroatoms. The molecule has 2 aromatic carbocycles. The van der Waals surface area contributed by atoms with Crippen molar-refractivity contribution < 1.29 is 14.2 Å². The fraction of sp³-hybridized carbons (Fsp3) is 0.452. The Bertz CT molecular complexity index is 1500. The summed E-state index contributed by atoms with van der Waals surface area (Å²) in [6.07, 6.45) is 8.80. The van der Waals surface area contributed by atoms with Gasteiger partial charge in [0.05, 0.1) is 19.5 Å². The molecule has 0 unspecified atom stereocenters. The number of fused-ring (bicyclic) bond motifs is 2. The highest BCUT2D eigenvalue weighted by Crippen LogP contribution is 2.39. The molecule has 1 N–H and O–H groups in total. The maximum absolute atomic E-state index is 6.27. The van der Waals surface area contributed by atoms with Crippen molar-refractivity contribution in [3.8, 4) is 17.5 Å². The highest BCUT2D eigenvalue weighted by Gasteiger charge is 2.30. The van der Waals surface area contributed by atoms with Gasteiger partial charge in [-0.2, -0.15) is 9.97 Å². The van der Waals surface area contributed by atoms with Gasteiger partial charge in [0.2, 0.25) is 0 Å². The van der Waals surface area contributed by atoms with Crippen molar-refractivity contribution in [2.75, 3.05) is 36.5 Å². The smallest absolute Gasteiger partial charge is 0.326 e. The number of nitrogens with zero attached hydrogens (tertiary/aromatic N) is 5. The minimum absolute atomic E-state index is 0.211. The molecule has 0 atom stereocenters. The van der Waals surface area contributed by atoms with Crippen LogP contribution >= 0.6 is 0 Å². The van der Waals surface area contributed by atoms with Gasteiger partial charge in [-0.1, -0.05) is 25.3 Å². The van der Waals surface area contributed by atoms with Crippen LogP contribution in [-0.2, 0) is 11.2 Å². The van der Waals surface area contributed by atoms with Gasteiger partial charge in [-0.15, -0.1) is 0 Å². The predicted octanol–water partition coefficient (Wildman–Crippen LogP) is 6.42. The number of aromatic nitrogens is 4. The Labute approximate surface area is 234 Å². The molecule has 208 valence electrons. The number of rotatable bonds is 6. The van der Waals surface area contributed by atoms with Gasteiger partial charge in [-0.25, -0.2) is 4.98 Å². The second-order valence-electron chi connectivity index (χ2n) is 11.7. The molecule has 40 heavy (non-hydrogen) atoms. The van der Waals surface area contributed by atoms with E-state index in [1.807, 2.05) is 18.5 Å². The second-order valence-corrected chi connectivity index (χ2v) is 11.7. The molecular formula is C31H36N6O3. The fourth-order valence-electron chi connectivity index (χ4n) is 6.11. The van der Waals surface area contributed by atoms with Gasteiger partial charge >= 0.3 is 6.01 Å². The third-order valence-electron chi connectivity index (χ3n) is 8.13. The molecule has 2 fully saturated rings. The van der Waals surface area contributed by atoms with Crippen LogP contribution in [0, 0.1) is 0 Å². The number of hydrogen-bond acceptors (Lipinski definition) is 8. The van der Waals surface area contributed by atoms with Crippen LogP contribution in [0.25, 0.3) is 11.2 Å². The Morgan fingerprint density at radius 1 is 0.975 bits per heavy atom. The van der Waals surface area contributed by atoms with Crippen molar-refractivity contribution >= 4 is 28.4 Å². The molecule has 3 aliphatic rings. The summed E-state index contributed by atoms with van der Waals surface area (Å²) in [5, 5.41) is 3.50. The monoisotopic (exact) mass is 540 g/mol. The van der Waals surface area contributed by atoms with Gasteiger partial charge in [-0.05, 0) is 62.6 Å². The summed E-state index contributed by atoms with van der Waals surface area (Å²) < 4.78 is 20.1. The molecule has 0 amide bonds. The van der Waals surface area contributed by atoms with Crippen LogP contribution in [-0.4, -0.2) is 51.4 Å². The topological polar surface area (TPSA) is 86.6 Å². The van der Waals surface area contributed by atoms with Gasteiger partial charge in [0.25, 0.3) is 0 Å². The molecule has 1 saturated carbocycles. The van der Waals surface area contributed by atoms with Gasteiger partial charge < -0.3 is 29.0 Å². The number of imidazole rings is 1. The summed E-state index contributed by atoms with van der Waals surface area (Å²) >= 11 is 0. The Hall–Kier alpha value is -3.85. The second kappa shape index (κ2) is 10.3. The van der Waals surface area contributed by atoms with E-state index in [0.717, 1.165) is 68.2 Å². The maximum Gasteiger partial charge on any atom is 0.326 e. The zero-order chi connectivity index (χ0) is 27.1. The third kappa shape index (κ3) is 5.06. The van der Waals surface area contributed by atoms with Crippen LogP contribution in [0.1, 0.15) is 57.6 Å². The summed E-state index contributed by atoms with van der Waals surface area (Å²) in [5.74, 6) is 2.14. The number of benzene rings is 2. The highest BCUT2D eigenvalue weighted by atomic mass is 16.5. The van der Waals surface area contributed by atoms with E-state index in [1.54, 1.807) is 0 Å². The molecule has 0 radical (unpaired) electrons. The molecule has 0 bridgehead atoms. The third-order valence-corrected chi connectivity index (χ3v) is 8.13. The van der Waals surface area contributed by atoms with Crippen molar-refractivity contribution in [2.24, 2.45) is 0 Å². The largest absolute Gasteiger partial charge is 0.487 e. The Balaban J connectivity index is 1.21. The summed E-state index contributed by atoms with van der Waals surface area (Å²) in [6, 6.07) is 15.1. The first-order chi connectivity index (χ1) is 19.5. The van der Waals surface area contributed by atoms with E-state index in [0.29, 0.717) is 17.6 Å². The van der Waals surface area contributed by atoms with E-state index in [4.69, 9.17) is 29.2 Å². The fourth-order valence-corrected chi connectivity index (χ4v) is 6.11. The number of hydrogen-bond donors (Lipinski definition) is 1. The first-order valence-electron chi connectivity index (χ1n) is 14.4. The Morgan fingerprint density at radius 3 is 2.58 bits per heavy atom. The molecule has 4 heterocycles. The molecule has 1 saturated heterocycles. The lowest BCUT2D eigenvalue weighted by atomic mass is 9.95. The highest BCUT2D eigenvalue weighted by molar-refractivity contribution is 5.86. The lowest BCUT2D eigenvalue weighted by Crippen LogP contribution is -2.36. The van der Waals surface area contributed by atoms with E-state index in [1.165, 1.54) is 30.5 Å². The van der Waals surface area contributed by atoms with Crippen LogP contribution in [0.2, 0.25) is 0 Å². The molecule has 2 aromatic heterocycles. The minimum atomic E-state index is -0.211. The van der Waals surface area contributed by atoms with E-state index in [-0.39, 0.29) is 11.6 Å². The summed E-state index contributed by atoms with van der Waals surface area (Å²) in [4.78, 5) is 16.8. The number of nitrogens with one attached hydrogen (secondary N) is 1. The standard InChI is InChI=1S/C31H36N6O3/c1-31(2)19-21-8-13-25(18-26(21)40-31)39-30-34-28(27-29(35-30)37(20-32-27)24-6-4-3-5-7-24)33-22-9-11-23(12-10-22)36-14-16-38-17-15-36/h8-13,18,20,24H,3-7,14-17,19H2,1-2H3,(H,33,34,35). The first kappa shape index (κ1) is 25.1. The van der Waals surface area contributed by atoms with Crippen LogP contribution in [0.4, 0.5) is 17.2 Å². The van der Waals surface area contributed by atoms with E-state index in [9.17, 15) is 0 Å². The number of anilines is 3. The maximum atomic E-state index is 6.27. The van der Waals surface area contributed by atoms with Gasteiger partial charge in [0, 0.05) is 43.0 Å². The predicted molar refractivity (Wildman–Crippen MR) is 155 cm³/mol. The van der Waals surface area contributed by atoms with Crippen LogP contribution in [0.5, 0.6) is 17.5 Å². The molecule has 7 rings (SSSR count). The number of ether oxygens (including phenoxy) is 3. The summed E-state index contributed by atoms with van der Waals surface area (Å²) in [6.45, 7) is 7.54. The average Bonchev–Trinajstić information content (AvgIpc) is 3.53. The Morgan fingerprint density at radius 2 is 1.77 bits per heavy atom. The quantitative estimate of drug-likeness (QED) is 0.300. The average molecular weight is 541 g/mol. The summed E-state index contributed by atoms with van der Waals surface area (Å²) in [7, 11) is 0. The minimum Gasteiger partial charge on any atom is -0.487 e. The van der Waals surface area contributed by atoms with Crippen LogP contribution in [0.3, 0.4) is 0 Å². The van der Waals surface area contributed by atoms with Crippen molar-refractivity contribution in [1.82, 2.24) is 19.5 Å². The zero-order valence-electron chi connectivity index (χ0n) is 23.2. The van der Waals surface area contributed by atoms with Gasteiger partial charge in [0.15, 0.2) is 17.0 Å². The SMILES string of the molecule is CC1(C)Cc2ccc(Oc3nc(Nc4ccc(N5CCOCC5)cc4)c4ncn(C5CCCCC5)c4n3)cc2O1. The lowest BCUT2D eigenvalue weighted by molar-refractivity contribution is 0.122. The van der Waals surface area contributed by atoms with Gasteiger partial charge in [-0.3, -0.25) is 0 Å². The van der Waals surface area contributed by atoms with Crippen molar-refractivity contribution in [3.05, 3.63) is 54.4 Å². The molecule has 1 aliphatic carbocycles. The van der Waals surface area contributed by atoms with Crippen LogP contribution < -0.4 is 19.7 Å². The zero-order valence-corrected chi connectivity index (χ0v) is 23.2.